The third kappa shape index (κ3) is 3.46. The molecule has 1 aliphatic rings. The van der Waals surface area contributed by atoms with E-state index >= 15 is 0 Å². The Balaban J connectivity index is 1.30. The Morgan fingerprint density at radius 1 is 0.933 bits per heavy atom. The summed E-state index contributed by atoms with van der Waals surface area (Å²) in [6.45, 7) is 3.84. The van der Waals surface area contributed by atoms with Crippen molar-refractivity contribution in [3.8, 4) is 17.3 Å². The Hall–Kier alpha value is -3.51. The van der Waals surface area contributed by atoms with Crippen LogP contribution in [0.5, 0.6) is 5.75 Å². The molecule has 0 radical (unpaired) electrons. The van der Waals surface area contributed by atoms with Crippen molar-refractivity contribution in [3.05, 3.63) is 95.8 Å². The van der Waals surface area contributed by atoms with Gasteiger partial charge in [-0.3, -0.25) is 0 Å². The van der Waals surface area contributed by atoms with Crippen molar-refractivity contribution in [2.24, 2.45) is 0 Å². The van der Waals surface area contributed by atoms with E-state index in [1.54, 1.807) is 6.20 Å². The van der Waals surface area contributed by atoms with Crippen LogP contribution in [-0.4, -0.2) is 28.2 Å². The summed E-state index contributed by atoms with van der Waals surface area (Å²) in [5.74, 6) is 1.31. The molecule has 0 saturated carbocycles. The number of aryl methyl sites for hydroxylation is 1. The minimum absolute atomic E-state index is 0.0780. The van der Waals surface area contributed by atoms with Crippen LogP contribution in [0.1, 0.15) is 22.4 Å². The first-order valence-corrected chi connectivity index (χ1v) is 9.82. The molecule has 0 unspecified atom stereocenters. The summed E-state index contributed by atoms with van der Waals surface area (Å²) >= 11 is 0. The van der Waals surface area contributed by atoms with Gasteiger partial charge in [-0.05, 0) is 36.2 Å². The molecule has 0 amide bonds. The fourth-order valence-electron chi connectivity index (χ4n) is 3.63. The minimum Gasteiger partial charge on any atom is -0.487 e. The van der Waals surface area contributed by atoms with Gasteiger partial charge in [0.25, 0.3) is 0 Å². The zero-order valence-electron chi connectivity index (χ0n) is 16.6. The van der Waals surface area contributed by atoms with Gasteiger partial charge in [0.15, 0.2) is 12.2 Å². The van der Waals surface area contributed by atoms with Gasteiger partial charge >= 0.3 is 0 Å². The molecule has 0 spiro atoms. The van der Waals surface area contributed by atoms with Crippen LogP contribution < -0.4 is 4.74 Å². The van der Waals surface area contributed by atoms with Crippen LogP contribution in [0.2, 0.25) is 0 Å². The summed E-state index contributed by atoms with van der Waals surface area (Å²) in [6.07, 6.45) is 4.58. The number of hydrogen-bond acceptors (Lipinski definition) is 6. The van der Waals surface area contributed by atoms with E-state index in [0.29, 0.717) is 31.3 Å². The molecule has 4 aromatic rings. The van der Waals surface area contributed by atoms with Gasteiger partial charge in [-0.1, -0.05) is 42.0 Å². The molecular weight excluding hydrogens is 378 g/mol. The number of hydrogen-bond donors (Lipinski definition) is 0. The van der Waals surface area contributed by atoms with Gasteiger partial charge in [0, 0.05) is 6.20 Å². The second kappa shape index (κ2) is 7.72. The van der Waals surface area contributed by atoms with Crippen molar-refractivity contribution in [3.63, 3.8) is 0 Å². The Kier molecular flexibility index (Phi) is 4.77. The first kappa shape index (κ1) is 18.5. The van der Waals surface area contributed by atoms with E-state index in [4.69, 9.17) is 13.9 Å². The Bertz CT molecular complexity index is 1120. The molecule has 0 aliphatic carbocycles. The van der Waals surface area contributed by atoms with Crippen molar-refractivity contribution in [2.45, 2.75) is 18.9 Å². The Morgan fingerprint density at radius 2 is 1.67 bits per heavy atom. The minimum atomic E-state index is -0.0780. The maximum absolute atomic E-state index is 5.94. The molecule has 3 heterocycles. The SMILES string of the molecule is Cc1ccc(C2(c3ccc(OCc4ccnc(-c5cocn5)n4)cc3)COC2)cc1. The summed E-state index contributed by atoms with van der Waals surface area (Å²) in [5, 5.41) is 0. The molecule has 6 nitrogen and oxygen atoms in total. The molecule has 1 fully saturated rings. The fraction of sp³-hybridized carbons (Fsp3) is 0.208. The molecule has 30 heavy (non-hydrogen) atoms. The second-order valence-electron chi connectivity index (χ2n) is 7.50. The summed E-state index contributed by atoms with van der Waals surface area (Å²) in [7, 11) is 0. The first-order chi connectivity index (χ1) is 14.7. The highest BCUT2D eigenvalue weighted by Crippen LogP contribution is 2.39. The monoisotopic (exact) mass is 399 g/mol. The van der Waals surface area contributed by atoms with Crippen LogP contribution in [0.25, 0.3) is 11.5 Å². The lowest BCUT2D eigenvalue weighted by Crippen LogP contribution is -2.47. The lowest BCUT2D eigenvalue weighted by Gasteiger charge is -2.42. The van der Waals surface area contributed by atoms with E-state index in [9.17, 15) is 0 Å². The molecule has 2 aromatic heterocycles. The number of ether oxygens (including phenoxy) is 2. The smallest absolute Gasteiger partial charge is 0.181 e. The standard InChI is InChI=1S/C24H21N3O3/c1-17-2-4-18(5-3-17)24(14-29-15-24)19-6-8-21(9-7-19)30-12-20-10-11-25-23(27-20)22-13-28-16-26-22/h2-11,13,16H,12,14-15H2,1H3. The molecule has 150 valence electrons. The molecular formula is C24H21N3O3. The highest BCUT2D eigenvalue weighted by molar-refractivity contribution is 5.46. The predicted octanol–water partition coefficient (Wildman–Crippen LogP) is 4.34. The largest absolute Gasteiger partial charge is 0.487 e. The number of rotatable bonds is 6. The van der Waals surface area contributed by atoms with E-state index in [1.807, 2.05) is 18.2 Å². The summed E-state index contributed by atoms with van der Waals surface area (Å²) in [5.41, 5.74) is 5.08. The van der Waals surface area contributed by atoms with E-state index in [1.165, 1.54) is 29.3 Å². The van der Waals surface area contributed by atoms with Gasteiger partial charge in [0.1, 0.15) is 24.3 Å². The molecule has 2 aromatic carbocycles. The van der Waals surface area contributed by atoms with Crippen molar-refractivity contribution >= 4 is 0 Å². The molecule has 0 atom stereocenters. The Morgan fingerprint density at radius 3 is 2.30 bits per heavy atom. The Labute approximate surface area is 174 Å². The second-order valence-corrected chi connectivity index (χ2v) is 7.50. The lowest BCUT2D eigenvalue weighted by atomic mass is 9.73. The quantitative estimate of drug-likeness (QED) is 0.480. The maximum atomic E-state index is 5.94. The highest BCUT2D eigenvalue weighted by Gasteiger charge is 2.41. The van der Waals surface area contributed by atoms with E-state index in [2.05, 4.69) is 58.3 Å². The van der Waals surface area contributed by atoms with Crippen molar-refractivity contribution in [1.82, 2.24) is 15.0 Å². The number of nitrogens with zero attached hydrogens (tertiary/aromatic N) is 3. The van der Waals surface area contributed by atoms with Gasteiger partial charge in [-0.15, -0.1) is 0 Å². The predicted molar refractivity (Wildman–Crippen MR) is 111 cm³/mol. The molecule has 1 saturated heterocycles. The maximum Gasteiger partial charge on any atom is 0.181 e. The van der Waals surface area contributed by atoms with Crippen molar-refractivity contribution in [1.29, 1.82) is 0 Å². The van der Waals surface area contributed by atoms with E-state index < -0.39 is 0 Å². The van der Waals surface area contributed by atoms with E-state index in [0.717, 1.165) is 11.4 Å². The number of oxazole rings is 1. The van der Waals surface area contributed by atoms with Gasteiger partial charge in [0.2, 0.25) is 0 Å². The van der Waals surface area contributed by atoms with Crippen LogP contribution in [0.15, 0.2) is 77.9 Å². The van der Waals surface area contributed by atoms with E-state index in [-0.39, 0.29) is 5.41 Å². The summed E-state index contributed by atoms with van der Waals surface area (Å²) in [4.78, 5) is 12.8. The summed E-state index contributed by atoms with van der Waals surface area (Å²) in [6, 6.07) is 18.8. The van der Waals surface area contributed by atoms with Crippen LogP contribution in [-0.2, 0) is 16.8 Å². The normalized spacial score (nSPS) is 14.8. The topological polar surface area (TPSA) is 70.3 Å². The third-order valence-corrected chi connectivity index (χ3v) is 5.47. The highest BCUT2D eigenvalue weighted by atomic mass is 16.5. The van der Waals surface area contributed by atoms with Gasteiger partial charge in [-0.25, -0.2) is 15.0 Å². The lowest BCUT2D eigenvalue weighted by molar-refractivity contribution is -0.0380. The van der Waals surface area contributed by atoms with Crippen LogP contribution in [0.4, 0.5) is 0 Å². The third-order valence-electron chi connectivity index (χ3n) is 5.47. The van der Waals surface area contributed by atoms with Crippen LogP contribution in [0, 0.1) is 6.92 Å². The zero-order valence-corrected chi connectivity index (χ0v) is 16.6. The summed E-state index contributed by atoms with van der Waals surface area (Å²) < 4.78 is 16.5. The molecule has 6 heteroatoms. The fourth-order valence-corrected chi connectivity index (χ4v) is 3.63. The van der Waals surface area contributed by atoms with Crippen molar-refractivity contribution < 1.29 is 13.9 Å². The molecule has 5 rings (SSSR count). The number of benzene rings is 2. The van der Waals surface area contributed by atoms with Gasteiger partial charge in [-0.2, -0.15) is 0 Å². The zero-order chi connectivity index (χ0) is 20.4. The van der Waals surface area contributed by atoms with Gasteiger partial charge < -0.3 is 13.9 Å². The molecule has 0 N–H and O–H groups in total. The average molecular weight is 399 g/mol. The van der Waals surface area contributed by atoms with Gasteiger partial charge in [0.05, 0.1) is 24.3 Å². The molecule has 1 aliphatic heterocycles. The van der Waals surface area contributed by atoms with Crippen LogP contribution in [0.3, 0.4) is 0 Å². The number of aromatic nitrogens is 3. The van der Waals surface area contributed by atoms with Crippen molar-refractivity contribution in [2.75, 3.05) is 13.2 Å². The average Bonchev–Trinajstić information content (AvgIpc) is 3.29. The first-order valence-electron chi connectivity index (χ1n) is 9.82. The van der Waals surface area contributed by atoms with Crippen LogP contribution >= 0.6 is 0 Å². The molecule has 0 bridgehead atoms.